The molecule has 1 amide bonds. The van der Waals surface area contributed by atoms with Crippen molar-refractivity contribution in [3.8, 4) is 0 Å². The fourth-order valence-corrected chi connectivity index (χ4v) is 1.43. The molecule has 0 saturated carbocycles. The van der Waals surface area contributed by atoms with Crippen LogP contribution < -0.4 is 10.6 Å². The zero-order chi connectivity index (χ0) is 11.3. The maximum Gasteiger partial charge on any atom is 0.248 e. The summed E-state index contributed by atoms with van der Waals surface area (Å²) in [6.07, 6.45) is 0. The molecule has 0 aliphatic rings. The average molecular weight is 208 g/mol. The van der Waals surface area contributed by atoms with E-state index < -0.39 is 5.91 Å². The third-order valence-corrected chi connectivity index (χ3v) is 2.27. The van der Waals surface area contributed by atoms with E-state index in [0.717, 1.165) is 12.2 Å². The summed E-state index contributed by atoms with van der Waals surface area (Å²) in [6.45, 7) is 3.53. The summed E-state index contributed by atoms with van der Waals surface area (Å²) in [5.41, 5.74) is 6.62. The number of aliphatic hydroxyl groups is 1. The predicted octanol–water partition coefficient (Wildman–Crippen LogP) is 0.604. The number of hydrogen-bond donors (Lipinski definition) is 2. The van der Waals surface area contributed by atoms with Crippen molar-refractivity contribution in [2.45, 2.75) is 6.92 Å². The standard InChI is InChI=1S/C11H16N2O2/c1-2-13(7-8-14)10-5-3-9(4-6-10)11(12)15/h3-6,14H,2,7-8H2,1H3,(H2,12,15). The molecule has 0 radical (unpaired) electrons. The van der Waals surface area contributed by atoms with Crippen molar-refractivity contribution < 1.29 is 9.90 Å². The number of amides is 1. The second kappa shape index (κ2) is 5.36. The summed E-state index contributed by atoms with van der Waals surface area (Å²) in [6, 6.07) is 7.05. The fraction of sp³-hybridized carbons (Fsp3) is 0.364. The summed E-state index contributed by atoms with van der Waals surface area (Å²) in [4.78, 5) is 12.9. The van der Waals surface area contributed by atoms with E-state index in [-0.39, 0.29) is 6.61 Å². The van der Waals surface area contributed by atoms with Gasteiger partial charge in [-0.05, 0) is 31.2 Å². The van der Waals surface area contributed by atoms with Crippen molar-refractivity contribution >= 4 is 11.6 Å². The Morgan fingerprint density at radius 1 is 1.40 bits per heavy atom. The molecule has 15 heavy (non-hydrogen) atoms. The summed E-state index contributed by atoms with van der Waals surface area (Å²) in [7, 11) is 0. The van der Waals surface area contributed by atoms with Gasteiger partial charge in [0, 0.05) is 24.3 Å². The maximum atomic E-state index is 10.8. The Balaban J connectivity index is 2.81. The van der Waals surface area contributed by atoms with Gasteiger partial charge >= 0.3 is 0 Å². The minimum absolute atomic E-state index is 0.116. The number of aliphatic hydroxyl groups excluding tert-OH is 1. The Bertz CT molecular complexity index is 322. The Morgan fingerprint density at radius 2 is 2.00 bits per heavy atom. The Kier molecular flexibility index (Phi) is 4.12. The van der Waals surface area contributed by atoms with Crippen molar-refractivity contribution in [2.24, 2.45) is 5.73 Å². The molecule has 4 heteroatoms. The van der Waals surface area contributed by atoms with Gasteiger partial charge < -0.3 is 15.7 Å². The lowest BCUT2D eigenvalue weighted by Crippen LogP contribution is -2.26. The molecule has 0 fully saturated rings. The van der Waals surface area contributed by atoms with Gasteiger partial charge in [-0.1, -0.05) is 0 Å². The quantitative estimate of drug-likeness (QED) is 0.744. The number of anilines is 1. The van der Waals surface area contributed by atoms with E-state index in [0.29, 0.717) is 12.1 Å². The first-order chi connectivity index (χ1) is 7.19. The van der Waals surface area contributed by atoms with Gasteiger partial charge in [-0.15, -0.1) is 0 Å². The van der Waals surface area contributed by atoms with Gasteiger partial charge in [-0.25, -0.2) is 0 Å². The molecule has 0 spiro atoms. The normalized spacial score (nSPS) is 10.0. The smallest absolute Gasteiger partial charge is 0.248 e. The van der Waals surface area contributed by atoms with Crippen LogP contribution in [-0.4, -0.2) is 30.7 Å². The monoisotopic (exact) mass is 208 g/mol. The zero-order valence-corrected chi connectivity index (χ0v) is 8.81. The van der Waals surface area contributed by atoms with Crippen molar-refractivity contribution in [1.29, 1.82) is 0 Å². The molecule has 0 unspecified atom stereocenters. The van der Waals surface area contributed by atoms with Crippen LogP contribution in [0.25, 0.3) is 0 Å². The Labute approximate surface area is 89.3 Å². The highest BCUT2D eigenvalue weighted by atomic mass is 16.3. The molecule has 82 valence electrons. The molecule has 1 aromatic carbocycles. The third kappa shape index (κ3) is 2.95. The van der Waals surface area contributed by atoms with E-state index in [1.54, 1.807) is 12.1 Å². The summed E-state index contributed by atoms with van der Waals surface area (Å²) >= 11 is 0. The third-order valence-electron chi connectivity index (χ3n) is 2.27. The highest BCUT2D eigenvalue weighted by Crippen LogP contribution is 2.14. The molecule has 0 atom stereocenters. The molecular formula is C11H16N2O2. The van der Waals surface area contributed by atoms with Crippen LogP contribution in [0.5, 0.6) is 0 Å². The van der Waals surface area contributed by atoms with Crippen LogP contribution in [0.4, 0.5) is 5.69 Å². The fourth-order valence-electron chi connectivity index (χ4n) is 1.43. The molecule has 1 rings (SSSR count). The lowest BCUT2D eigenvalue weighted by molar-refractivity contribution is 0.100. The van der Waals surface area contributed by atoms with Crippen LogP contribution in [0.2, 0.25) is 0 Å². The number of likely N-dealkylation sites (N-methyl/N-ethyl adjacent to an activating group) is 1. The van der Waals surface area contributed by atoms with Crippen LogP contribution in [0, 0.1) is 0 Å². The predicted molar refractivity (Wildman–Crippen MR) is 59.9 cm³/mol. The number of carbonyl (C=O) groups is 1. The molecule has 0 aromatic heterocycles. The number of carbonyl (C=O) groups excluding carboxylic acids is 1. The number of primary amides is 1. The number of hydrogen-bond acceptors (Lipinski definition) is 3. The topological polar surface area (TPSA) is 66.6 Å². The van der Waals surface area contributed by atoms with Crippen molar-refractivity contribution in [3.05, 3.63) is 29.8 Å². The number of benzene rings is 1. The molecule has 0 aliphatic heterocycles. The largest absolute Gasteiger partial charge is 0.395 e. The molecule has 4 nitrogen and oxygen atoms in total. The molecule has 3 N–H and O–H groups in total. The lowest BCUT2D eigenvalue weighted by atomic mass is 10.2. The van der Waals surface area contributed by atoms with Crippen molar-refractivity contribution in [3.63, 3.8) is 0 Å². The first-order valence-corrected chi connectivity index (χ1v) is 4.94. The minimum Gasteiger partial charge on any atom is -0.395 e. The highest BCUT2D eigenvalue weighted by molar-refractivity contribution is 5.93. The number of nitrogens with zero attached hydrogens (tertiary/aromatic N) is 1. The molecular weight excluding hydrogens is 192 g/mol. The SMILES string of the molecule is CCN(CCO)c1ccc(C(N)=O)cc1. The van der Waals surface area contributed by atoms with Gasteiger partial charge in [0.15, 0.2) is 0 Å². The maximum absolute atomic E-state index is 10.8. The van der Waals surface area contributed by atoms with Crippen LogP contribution in [-0.2, 0) is 0 Å². The van der Waals surface area contributed by atoms with E-state index in [4.69, 9.17) is 10.8 Å². The zero-order valence-electron chi connectivity index (χ0n) is 8.81. The number of nitrogens with two attached hydrogens (primary N) is 1. The van der Waals surface area contributed by atoms with E-state index in [2.05, 4.69) is 0 Å². The second-order valence-electron chi connectivity index (χ2n) is 3.21. The van der Waals surface area contributed by atoms with Crippen LogP contribution in [0.15, 0.2) is 24.3 Å². The number of rotatable bonds is 5. The summed E-state index contributed by atoms with van der Waals surface area (Å²) in [5.74, 6) is -0.424. The van der Waals surface area contributed by atoms with Crippen LogP contribution >= 0.6 is 0 Å². The van der Waals surface area contributed by atoms with Gasteiger partial charge in [0.05, 0.1) is 6.61 Å². The van der Waals surface area contributed by atoms with Gasteiger partial charge in [0.2, 0.25) is 5.91 Å². The van der Waals surface area contributed by atoms with Crippen LogP contribution in [0.3, 0.4) is 0 Å². The van der Waals surface area contributed by atoms with Crippen molar-refractivity contribution in [1.82, 2.24) is 0 Å². The van der Waals surface area contributed by atoms with Gasteiger partial charge in [0.1, 0.15) is 0 Å². The van der Waals surface area contributed by atoms with Crippen LogP contribution in [0.1, 0.15) is 17.3 Å². The molecule has 0 bridgehead atoms. The highest BCUT2D eigenvalue weighted by Gasteiger charge is 2.04. The second-order valence-corrected chi connectivity index (χ2v) is 3.21. The van der Waals surface area contributed by atoms with Gasteiger partial charge in [-0.2, -0.15) is 0 Å². The van der Waals surface area contributed by atoms with E-state index in [1.165, 1.54) is 0 Å². The van der Waals surface area contributed by atoms with Gasteiger partial charge in [-0.3, -0.25) is 4.79 Å². The van der Waals surface area contributed by atoms with Gasteiger partial charge in [0.25, 0.3) is 0 Å². The lowest BCUT2D eigenvalue weighted by Gasteiger charge is -2.21. The first kappa shape index (κ1) is 11.5. The summed E-state index contributed by atoms with van der Waals surface area (Å²) < 4.78 is 0. The minimum atomic E-state index is -0.424. The molecule has 0 heterocycles. The molecule has 1 aromatic rings. The summed E-state index contributed by atoms with van der Waals surface area (Å²) in [5, 5.41) is 8.86. The first-order valence-electron chi connectivity index (χ1n) is 4.94. The molecule has 0 saturated heterocycles. The molecule has 0 aliphatic carbocycles. The van der Waals surface area contributed by atoms with E-state index in [9.17, 15) is 4.79 Å². The Hall–Kier alpha value is -1.55. The van der Waals surface area contributed by atoms with E-state index in [1.807, 2.05) is 24.0 Å². The average Bonchev–Trinajstić information content (AvgIpc) is 2.26. The Morgan fingerprint density at radius 3 is 2.40 bits per heavy atom. The van der Waals surface area contributed by atoms with Crippen molar-refractivity contribution in [2.75, 3.05) is 24.6 Å². The van der Waals surface area contributed by atoms with E-state index >= 15 is 0 Å².